The van der Waals surface area contributed by atoms with Crippen LogP contribution in [0.5, 0.6) is 6.01 Å². The minimum Gasteiger partial charge on any atom is -0.464 e. The lowest BCUT2D eigenvalue weighted by atomic mass is 10.4. The molecule has 0 amide bonds. The number of nitrogens with two attached hydrogens (primary N) is 1. The van der Waals surface area contributed by atoms with Gasteiger partial charge in [-0.1, -0.05) is 6.92 Å². The summed E-state index contributed by atoms with van der Waals surface area (Å²) in [6, 6.07) is 0.309. The molecule has 84 valence electrons. The molecule has 1 heterocycles. The Bertz CT molecular complexity index is 321. The molecule has 0 fully saturated rings. The summed E-state index contributed by atoms with van der Waals surface area (Å²) in [5.41, 5.74) is 5.57. The van der Waals surface area contributed by atoms with E-state index in [1.54, 1.807) is 11.8 Å². The van der Waals surface area contributed by atoms with E-state index in [4.69, 9.17) is 10.5 Å². The fraction of sp³-hybridized carbons (Fsp3) is 0.667. The quantitative estimate of drug-likeness (QED) is 0.826. The van der Waals surface area contributed by atoms with Crippen molar-refractivity contribution in [2.24, 2.45) is 0 Å². The lowest BCUT2D eigenvalue weighted by Gasteiger charge is -2.09. The number of nitrogens with zero attached hydrogens (tertiary/aromatic N) is 3. The first-order valence-electron chi connectivity index (χ1n) is 4.93. The molecule has 1 unspecified atom stereocenters. The number of nitrogen functional groups attached to an aromatic ring is 1. The fourth-order valence-corrected chi connectivity index (χ4v) is 1.84. The normalized spacial score (nSPS) is 12.5. The summed E-state index contributed by atoms with van der Waals surface area (Å²) >= 11 is 1.76. The van der Waals surface area contributed by atoms with Crippen LogP contribution >= 0.6 is 11.8 Å². The van der Waals surface area contributed by atoms with E-state index in [0.717, 1.165) is 5.75 Å². The number of hydrogen-bond donors (Lipinski definition) is 1. The van der Waals surface area contributed by atoms with Gasteiger partial charge in [0.1, 0.15) is 0 Å². The van der Waals surface area contributed by atoms with Gasteiger partial charge in [-0.05, 0) is 19.6 Å². The number of rotatable bonds is 5. The zero-order chi connectivity index (χ0) is 11.3. The SMILES string of the molecule is CCOc1nc(N)nc(C(C)SCC)n1. The maximum atomic E-state index is 5.57. The molecule has 0 bridgehead atoms. The van der Waals surface area contributed by atoms with E-state index in [-0.39, 0.29) is 11.2 Å². The molecule has 5 nitrogen and oxygen atoms in total. The molecule has 0 aliphatic carbocycles. The van der Waals surface area contributed by atoms with Crippen molar-refractivity contribution in [1.82, 2.24) is 15.0 Å². The number of thioether (sulfide) groups is 1. The van der Waals surface area contributed by atoms with E-state index < -0.39 is 0 Å². The first-order valence-corrected chi connectivity index (χ1v) is 5.98. The summed E-state index contributed by atoms with van der Waals surface area (Å²) in [7, 11) is 0. The molecule has 1 rings (SSSR count). The molecule has 1 aromatic rings. The molecule has 1 atom stereocenters. The van der Waals surface area contributed by atoms with Crippen molar-refractivity contribution in [2.75, 3.05) is 18.1 Å². The summed E-state index contributed by atoms with van der Waals surface area (Å²) in [5.74, 6) is 1.90. The fourth-order valence-electron chi connectivity index (χ4n) is 1.09. The van der Waals surface area contributed by atoms with Crippen LogP contribution in [0.3, 0.4) is 0 Å². The van der Waals surface area contributed by atoms with Crippen LogP contribution in [0.4, 0.5) is 5.95 Å². The molecule has 1 aromatic heterocycles. The lowest BCUT2D eigenvalue weighted by Crippen LogP contribution is -2.08. The van der Waals surface area contributed by atoms with Crippen molar-refractivity contribution in [3.05, 3.63) is 5.82 Å². The maximum absolute atomic E-state index is 5.57. The number of anilines is 1. The highest BCUT2D eigenvalue weighted by atomic mass is 32.2. The third-order valence-electron chi connectivity index (χ3n) is 1.70. The number of hydrogen-bond acceptors (Lipinski definition) is 6. The molecule has 6 heteroatoms. The Balaban J connectivity index is 2.87. The van der Waals surface area contributed by atoms with Crippen LogP contribution in [0, 0.1) is 0 Å². The van der Waals surface area contributed by atoms with E-state index >= 15 is 0 Å². The Hall–Kier alpha value is -1.04. The summed E-state index contributed by atoms with van der Waals surface area (Å²) in [6.07, 6.45) is 0. The van der Waals surface area contributed by atoms with E-state index in [9.17, 15) is 0 Å². The molecule has 0 spiro atoms. The van der Waals surface area contributed by atoms with Crippen LogP contribution in [0.25, 0.3) is 0 Å². The Labute approximate surface area is 93.9 Å². The van der Waals surface area contributed by atoms with Gasteiger partial charge in [0.2, 0.25) is 5.95 Å². The lowest BCUT2D eigenvalue weighted by molar-refractivity contribution is 0.310. The minimum absolute atomic E-state index is 0.208. The van der Waals surface area contributed by atoms with Crippen molar-refractivity contribution in [1.29, 1.82) is 0 Å². The third-order valence-corrected chi connectivity index (χ3v) is 2.75. The second-order valence-electron chi connectivity index (χ2n) is 2.86. The summed E-state index contributed by atoms with van der Waals surface area (Å²) in [5, 5.41) is 0.208. The van der Waals surface area contributed by atoms with Crippen molar-refractivity contribution < 1.29 is 4.74 Å². The zero-order valence-corrected chi connectivity index (χ0v) is 10.0. The Kier molecular flexibility index (Phi) is 4.61. The Morgan fingerprint density at radius 1 is 1.33 bits per heavy atom. The van der Waals surface area contributed by atoms with E-state index in [1.807, 2.05) is 13.8 Å². The van der Waals surface area contributed by atoms with Gasteiger partial charge in [0, 0.05) is 0 Å². The first kappa shape index (κ1) is 12.0. The van der Waals surface area contributed by atoms with Gasteiger partial charge in [0.05, 0.1) is 11.9 Å². The van der Waals surface area contributed by atoms with Gasteiger partial charge < -0.3 is 10.5 Å². The van der Waals surface area contributed by atoms with Crippen LogP contribution in [-0.2, 0) is 0 Å². The number of aromatic nitrogens is 3. The molecule has 0 saturated carbocycles. The molecule has 0 radical (unpaired) electrons. The van der Waals surface area contributed by atoms with Crippen molar-refractivity contribution in [3.63, 3.8) is 0 Å². The average Bonchev–Trinajstić information content (AvgIpc) is 2.17. The minimum atomic E-state index is 0.208. The molecule has 0 aliphatic rings. The maximum Gasteiger partial charge on any atom is 0.321 e. The summed E-state index contributed by atoms with van der Waals surface area (Å²) in [4.78, 5) is 12.2. The molecule has 0 aromatic carbocycles. The van der Waals surface area contributed by atoms with Gasteiger partial charge in [-0.3, -0.25) is 0 Å². The predicted octanol–water partition coefficient (Wildman–Crippen LogP) is 1.67. The Morgan fingerprint density at radius 3 is 2.67 bits per heavy atom. The highest BCUT2D eigenvalue weighted by Gasteiger charge is 2.12. The van der Waals surface area contributed by atoms with E-state index in [0.29, 0.717) is 18.4 Å². The van der Waals surface area contributed by atoms with Crippen LogP contribution in [0.15, 0.2) is 0 Å². The molecular weight excluding hydrogens is 212 g/mol. The van der Waals surface area contributed by atoms with Gasteiger partial charge >= 0.3 is 6.01 Å². The van der Waals surface area contributed by atoms with Gasteiger partial charge in [0.15, 0.2) is 5.82 Å². The molecule has 0 saturated heterocycles. The van der Waals surface area contributed by atoms with Gasteiger partial charge in [0.25, 0.3) is 0 Å². The zero-order valence-electron chi connectivity index (χ0n) is 9.23. The van der Waals surface area contributed by atoms with Gasteiger partial charge in [-0.25, -0.2) is 0 Å². The molecular formula is C9H16N4OS. The van der Waals surface area contributed by atoms with Gasteiger partial charge in [-0.2, -0.15) is 26.7 Å². The van der Waals surface area contributed by atoms with Crippen LogP contribution in [0.2, 0.25) is 0 Å². The van der Waals surface area contributed by atoms with Crippen LogP contribution in [0.1, 0.15) is 31.8 Å². The highest BCUT2D eigenvalue weighted by Crippen LogP contribution is 2.25. The van der Waals surface area contributed by atoms with Gasteiger partial charge in [-0.15, -0.1) is 0 Å². The molecule has 2 N–H and O–H groups in total. The third kappa shape index (κ3) is 3.54. The van der Waals surface area contributed by atoms with E-state index in [1.165, 1.54) is 0 Å². The monoisotopic (exact) mass is 228 g/mol. The van der Waals surface area contributed by atoms with Crippen LogP contribution < -0.4 is 10.5 Å². The van der Waals surface area contributed by atoms with Crippen molar-refractivity contribution in [2.45, 2.75) is 26.0 Å². The van der Waals surface area contributed by atoms with E-state index in [2.05, 4.69) is 21.9 Å². The summed E-state index contributed by atoms with van der Waals surface area (Å²) in [6.45, 7) is 6.54. The predicted molar refractivity (Wildman–Crippen MR) is 62.0 cm³/mol. The van der Waals surface area contributed by atoms with Crippen molar-refractivity contribution in [3.8, 4) is 6.01 Å². The second kappa shape index (κ2) is 5.75. The Morgan fingerprint density at radius 2 is 2.07 bits per heavy atom. The molecule has 15 heavy (non-hydrogen) atoms. The molecule has 0 aliphatic heterocycles. The average molecular weight is 228 g/mol. The summed E-state index contributed by atoms with van der Waals surface area (Å²) < 4.78 is 5.20. The standard InChI is InChI=1S/C9H16N4OS/c1-4-14-9-12-7(6(3)15-5-2)11-8(10)13-9/h6H,4-5H2,1-3H3,(H2,10,11,12,13). The van der Waals surface area contributed by atoms with Crippen molar-refractivity contribution >= 4 is 17.7 Å². The van der Waals surface area contributed by atoms with Crippen LogP contribution in [-0.4, -0.2) is 27.3 Å². The highest BCUT2D eigenvalue weighted by molar-refractivity contribution is 7.99. The topological polar surface area (TPSA) is 73.9 Å². The smallest absolute Gasteiger partial charge is 0.321 e. The number of ether oxygens (including phenoxy) is 1. The second-order valence-corrected chi connectivity index (χ2v) is 4.48. The largest absolute Gasteiger partial charge is 0.464 e. The first-order chi connectivity index (χ1) is 7.17.